The van der Waals surface area contributed by atoms with Crippen molar-refractivity contribution in [2.75, 3.05) is 26.2 Å². The first-order chi connectivity index (χ1) is 12.8. The normalized spacial score (nSPS) is 21.0. The highest BCUT2D eigenvalue weighted by atomic mass is 16.1. The molecular formula is C22H40N4O. The minimum absolute atomic E-state index is 0.158. The maximum atomic E-state index is 12.2. The van der Waals surface area contributed by atoms with Crippen LogP contribution in [0.5, 0.6) is 0 Å². The Morgan fingerprint density at radius 2 is 1.89 bits per heavy atom. The minimum atomic E-state index is 0.158. The molecule has 1 aliphatic heterocycles. The second-order valence-electron chi connectivity index (χ2n) is 9.13. The van der Waals surface area contributed by atoms with Crippen LogP contribution in [-0.4, -0.2) is 46.8 Å². The lowest BCUT2D eigenvalue weighted by atomic mass is 9.92. The molecule has 154 valence electrons. The highest BCUT2D eigenvalue weighted by molar-refractivity contribution is 5.76. The SMILES string of the molecule is Cc1nn(CC(C)C)c(C)c1CCC(=O)NCCCN1CC(C)CC(C)C1. The van der Waals surface area contributed by atoms with Gasteiger partial charge in [0.2, 0.25) is 5.91 Å². The van der Waals surface area contributed by atoms with Crippen LogP contribution in [0.1, 0.15) is 63.9 Å². The van der Waals surface area contributed by atoms with Crippen LogP contribution in [-0.2, 0) is 17.8 Å². The van der Waals surface area contributed by atoms with E-state index in [0.29, 0.717) is 12.3 Å². The van der Waals surface area contributed by atoms with E-state index in [1.807, 2.05) is 0 Å². The van der Waals surface area contributed by atoms with E-state index in [4.69, 9.17) is 0 Å². The quantitative estimate of drug-likeness (QED) is 0.670. The molecule has 1 fully saturated rings. The van der Waals surface area contributed by atoms with Crippen LogP contribution in [0.3, 0.4) is 0 Å². The molecule has 27 heavy (non-hydrogen) atoms. The third-order valence-electron chi connectivity index (χ3n) is 5.59. The number of carbonyl (C=O) groups is 1. The lowest BCUT2D eigenvalue weighted by molar-refractivity contribution is -0.121. The maximum absolute atomic E-state index is 12.2. The first-order valence-electron chi connectivity index (χ1n) is 10.8. The summed E-state index contributed by atoms with van der Waals surface area (Å²) < 4.78 is 2.09. The smallest absolute Gasteiger partial charge is 0.220 e. The Kier molecular flexibility index (Phi) is 8.33. The Bertz CT molecular complexity index is 598. The molecule has 2 heterocycles. The molecule has 5 nitrogen and oxygen atoms in total. The van der Waals surface area contributed by atoms with Crippen LogP contribution >= 0.6 is 0 Å². The molecule has 0 spiro atoms. The van der Waals surface area contributed by atoms with Gasteiger partial charge in [-0.2, -0.15) is 5.10 Å². The molecule has 1 aromatic heterocycles. The Morgan fingerprint density at radius 3 is 2.52 bits per heavy atom. The molecule has 0 aromatic carbocycles. The van der Waals surface area contributed by atoms with Gasteiger partial charge in [-0.15, -0.1) is 0 Å². The van der Waals surface area contributed by atoms with Gasteiger partial charge in [-0.1, -0.05) is 27.7 Å². The minimum Gasteiger partial charge on any atom is -0.356 e. The summed E-state index contributed by atoms with van der Waals surface area (Å²) in [7, 11) is 0. The number of aromatic nitrogens is 2. The zero-order valence-electron chi connectivity index (χ0n) is 18.3. The summed E-state index contributed by atoms with van der Waals surface area (Å²) in [5.74, 6) is 2.33. The first-order valence-corrected chi connectivity index (χ1v) is 10.8. The molecule has 0 aliphatic carbocycles. The van der Waals surface area contributed by atoms with Crippen LogP contribution in [0.25, 0.3) is 0 Å². The van der Waals surface area contributed by atoms with Crippen molar-refractivity contribution in [1.82, 2.24) is 20.0 Å². The van der Waals surface area contributed by atoms with Crippen LogP contribution in [0, 0.1) is 31.6 Å². The van der Waals surface area contributed by atoms with E-state index in [1.54, 1.807) is 0 Å². The van der Waals surface area contributed by atoms with Gasteiger partial charge in [-0.25, -0.2) is 0 Å². The van der Waals surface area contributed by atoms with Crippen LogP contribution < -0.4 is 5.32 Å². The topological polar surface area (TPSA) is 50.2 Å². The summed E-state index contributed by atoms with van der Waals surface area (Å²) in [5.41, 5.74) is 3.51. The molecule has 0 bridgehead atoms. The summed E-state index contributed by atoms with van der Waals surface area (Å²) in [5, 5.41) is 7.75. The van der Waals surface area contributed by atoms with E-state index in [1.165, 1.54) is 30.8 Å². The second-order valence-corrected chi connectivity index (χ2v) is 9.13. The monoisotopic (exact) mass is 376 g/mol. The van der Waals surface area contributed by atoms with Crippen LogP contribution in [0.15, 0.2) is 0 Å². The van der Waals surface area contributed by atoms with Crippen LogP contribution in [0.4, 0.5) is 0 Å². The van der Waals surface area contributed by atoms with Crippen molar-refractivity contribution in [3.8, 4) is 0 Å². The number of hydrogen-bond acceptors (Lipinski definition) is 3. The average molecular weight is 377 g/mol. The molecule has 1 aliphatic rings. The predicted octanol–water partition coefficient (Wildman–Crippen LogP) is 3.57. The van der Waals surface area contributed by atoms with Gasteiger partial charge in [0, 0.05) is 38.3 Å². The van der Waals surface area contributed by atoms with Gasteiger partial charge < -0.3 is 10.2 Å². The summed E-state index contributed by atoms with van der Waals surface area (Å²) in [6.07, 6.45) is 3.71. The van der Waals surface area contributed by atoms with Crippen molar-refractivity contribution >= 4 is 5.91 Å². The van der Waals surface area contributed by atoms with Crippen molar-refractivity contribution < 1.29 is 4.79 Å². The highest BCUT2D eigenvalue weighted by Crippen LogP contribution is 2.20. The molecule has 2 unspecified atom stereocenters. The molecule has 5 heteroatoms. The van der Waals surface area contributed by atoms with Gasteiger partial charge in [-0.05, 0) is 63.0 Å². The standard InChI is InChI=1S/C22H40N4O/c1-16(2)13-26-20(6)21(19(5)24-26)8-9-22(27)23-10-7-11-25-14-17(3)12-18(4)15-25/h16-18H,7-15H2,1-6H3,(H,23,27). The number of piperidine rings is 1. The average Bonchev–Trinajstić information content (AvgIpc) is 2.82. The molecule has 1 N–H and O–H groups in total. The zero-order valence-corrected chi connectivity index (χ0v) is 18.3. The molecule has 1 aromatic rings. The fraction of sp³-hybridized carbons (Fsp3) is 0.818. The highest BCUT2D eigenvalue weighted by Gasteiger charge is 2.21. The van der Waals surface area contributed by atoms with Gasteiger partial charge in [0.1, 0.15) is 0 Å². The number of rotatable bonds is 9. The fourth-order valence-electron chi connectivity index (χ4n) is 4.45. The van der Waals surface area contributed by atoms with Gasteiger partial charge in [0.15, 0.2) is 0 Å². The largest absolute Gasteiger partial charge is 0.356 e. The van der Waals surface area contributed by atoms with E-state index < -0.39 is 0 Å². The number of nitrogens with one attached hydrogen (secondary N) is 1. The molecule has 1 saturated heterocycles. The second kappa shape index (κ2) is 10.3. The summed E-state index contributed by atoms with van der Waals surface area (Å²) in [4.78, 5) is 14.8. The summed E-state index contributed by atoms with van der Waals surface area (Å²) in [6.45, 7) is 18.5. The van der Waals surface area contributed by atoms with Gasteiger partial charge in [0.25, 0.3) is 0 Å². The van der Waals surface area contributed by atoms with Crippen molar-refractivity contribution in [3.63, 3.8) is 0 Å². The molecule has 0 saturated carbocycles. The lowest BCUT2D eigenvalue weighted by Gasteiger charge is -2.34. The van der Waals surface area contributed by atoms with E-state index in [9.17, 15) is 4.79 Å². The number of hydrogen-bond donors (Lipinski definition) is 1. The lowest BCUT2D eigenvalue weighted by Crippen LogP contribution is -2.40. The Labute approximate surface area is 165 Å². The maximum Gasteiger partial charge on any atom is 0.220 e. The van der Waals surface area contributed by atoms with Gasteiger partial charge in [0.05, 0.1) is 5.69 Å². The number of carbonyl (C=O) groups excluding carboxylic acids is 1. The molecular weight excluding hydrogens is 336 g/mol. The number of amides is 1. The number of aryl methyl sites for hydroxylation is 1. The first kappa shape index (κ1) is 21.9. The van der Waals surface area contributed by atoms with Crippen molar-refractivity contribution in [3.05, 3.63) is 17.0 Å². The van der Waals surface area contributed by atoms with Crippen molar-refractivity contribution in [1.29, 1.82) is 0 Å². The number of likely N-dealkylation sites (tertiary alicyclic amines) is 1. The summed E-state index contributed by atoms with van der Waals surface area (Å²) in [6, 6.07) is 0. The van der Waals surface area contributed by atoms with Crippen molar-refractivity contribution in [2.24, 2.45) is 17.8 Å². The van der Waals surface area contributed by atoms with E-state index in [2.05, 4.69) is 61.5 Å². The molecule has 2 atom stereocenters. The van der Waals surface area contributed by atoms with E-state index >= 15 is 0 Å². The number of nitrogens with zero attached hydrogens (tertiary/aromatic N) is 3. The van der Waals surface area contributed by atoms with Gasteiger partial charge >= 0.3 is 0 Å². The Balaban J connectivity index is 1.68. The molecule has 1 amide bonds. The molecule has 2 rings (SSSR count). The third-order valence-corrected chi connectivity index (χ3v) is 5.59. The molecule has 0 radical (unpaired) electrons. The zero-order chi connectivity index (χ0) is 20.0. The van der Waals surface area contributed by atoms with Crippen LogP contribution in [0.2, 0.25) is 0 Å². The Morgan fingerprint density at radius 1 is 1.22 bits per heavy atom. The fourth-order valence-corrected chi connectivity index (χ4v) is 4.45. The third kappa shape index (κ3) is 6.95. The Hall–Kier alpha value is -1.36. The van der Waals surface area contributed by atoms with Crippen molar-refractivity contribution in [2.45, 2.75) is 73.8 Å². The van der Waals surface area contributed by atoms with Gasteiger partial charge in [-0.3, -0.25) is 9.48 Å². The van der Waals surface area contributed by atoms with E-state index in [-0.39, 0.29) is 5.91 Å². The predicted molar refractivity (Wildman–Crippen MR) is 112 cm³/mol. The van der Waals surface area contributed by atoms with E-state index in [0.717, 1.165) is 50.0 Å². The summed E-state index contributed by atoms with van der Waals surface area (Å²) >= 11 is 0.